The molecular weight excluding hydrogens is 348 g/mol. The normalized spacial score (nSPS) is 10.7. The van der Waals surface area contributed by atoms with Gasteiger partial charge in [-0.15, -0.1) is 0 Å². The lowest BCUT2D eigenvalue weighted by molar-refractivity contribution is 0.102. The van der Waals surface area contributed by atoms with Gasteiger partial charge in [-0.3, -0.25) is 4.79 Å². The average molecular weight is 367 g/mol. The highest BCUT2D eigenvalue weighted by atomic mass is 19.1. The summed E-state index contributed by atoms with van der Waals surface area (Å²) in [5, 5.41) is 12.5. The standard InChI is InChI=1S/C22H19F2NO2/c1-12-7-8-19(26)14(3)21(12)25-22(27)18-11-16(9-13(2)20(18)24)15-5-4-6-17(23)10-15/h4-11,26H,1-3H3,(H,25,27). The van der Waals surface area contributed by atoms with Gasteiger partial charge in [0.2, 0.25) is 0 Å². The highest BCUT2D eigenvalue weighted by molar-refractivity contribution is 6.06. The third kappa shape index (κ3) is 3.67. The van der Waals surface area contributed by atoms with Crippen LogP contribution in [0.15, 0.2) is 48.5 Å². The van der Waals surface area contributed by atoms with E-state index in [1.54, 1.807) is 45.0 Å². The Morgan fingerprint density at radius 1 is 0.926 bits per heavy atom. The Balaban J connectivity index is 2.04. The molecule has 0 unspecified atom stereocenters. The molecule has 138 valence electrons. The Hall–Kier alpha value is -3.21. The molecular formula is C22H19F2NO2. The van der Waals surface area contributed by atoms with Gasteiger partial charge in [0, 0.05) is 5.56 Å². The van der Waals surface area contributed by atoms with Crippen molar-refractivity contribution in [1.82, 2.24) is 0 Å². The van der Waals surface area contributed by atoms with E-state index in [1.165, 1.54) is 24.3 Å². The van der Waals surface area contributed by atoms with Gasteiger partial charge in [-0.1, -0.05) is 18.2 Å². The molecule has 0 aliphatic heterocycles. The van der Waals surface area contributed by atoms with Crippen molar-refractivity contribution in [3.63, 3.8) is 0 Å². The van der Waals surface area contributed by atoms with Crippen LogP contribution >= 0.6 is 0 Å². The third-order valence-corrected chi connectivity index (χ3v) is 4.54. The Morgan fingerprint density at radius 2 is 1.67 bits per heavy atom. The fourth-order valence-electron chi connectivity index (χ4n) is 2.98. The predicted octanol–water partition coefficient (Wildman–Crippen LogP) is 5.51. The van der Waals surface area contributed by atoms with Gasteiger partial charge in [0.05, 0.1) is 11.3 Å². The fourth-order valence-corrected chi connectivity index (χ4v) is 2.98. The number of phenolic OH excluding ortho intramolecular Hbond substituents is 1. The van der Waals surface area contributed by atoms with E-state index in [1.807, 2.05) is 0 Å². The zero-order chi connectivity index (χ0) is 19.7. The summed E-state index contributed by atoms with van der Waals surface area (Å²) in [6, 6.07) is 12.1. The van der Waals surface area contributed by atoms with Crippen LogP contribution in [0.25, 0.3) is 11.1 Å². The molecule has 0 saturated carbocycles. The van der Waals surface area contributed by atoms with Crippen molar-refractivity contribution < 1.29 is 18.7 Å². The van der Waals surface area contributed by atoms with Crippen LogP contribution in [0, 0.1) is 32.4 Å². The molecule has 1 amide bonds. The second-order valence-corrected chi connectivity index (χ2v) is 6.52. The van der Waals surface area contributed by atoms with Gasteiger partial charge < -0.3 is 10.4 Å². The van der Waals surface area contributed by atoms with Crippen molar-refractivity contribution in [1.29, 1.82) is 0 Å². The summed E-state index contributed by atoms with van der Waals surface area (Å²) in [5.74, 6) is -1.64. The molecule has 3 nitrogen and oxygen atoms in total. The number of benzene rings is 3. The molecule has 5 heteroatoms. The first-order chi connectivity index (χ1) is 12.8. The third-order valence-electron chi connectivity index (χ3n) is 4.54. The lowest BCUT2D eigenvalue weighted by atomic mass is 9.98. The van der Waals surface area contributed by atoms with Gasteiger partial charge in [0.15, 0.2) is 0 Å². The van der Waals surface area contributed by atoms with E-state index in [-0.39, 0.29) is 16.9 Å². The van der Waals surface area contributed by atoms with Gasteiger partial charge in [-0.2, -0.15) is 0 Å². The summed E-state index contributed by atoms with van der Waals surface area (Å²) in [6.07, 6.45) is 0. The van der Waals surface area contributed by atoms with Crippen LogP contribution in [0.4, 0.5) is 14.5 Å². The maximum absolute atomic E-state index is 14.6. The predicted molar refractivity (Wildman–Crippen MR) is 102 cm³/mol. The lowest BCUT2D eigenvalue weighted by Crippen LogP contribution is -2.16. The number of carbonyl (C=O) groups excluding carboxylic acids is 1. The first-order valence-corrected chi connectivity index (χ1v) is 8.44. The molecule has 3 aromatic carbocycles. The van der Waals surface area contributed by atoms with Crippen molar-refractivity contribution in [2.75, 3.05) is 5.32 Å². The van der Waals surface area contributed by atoms with Gasteiger partial charge in [0.1, 0.15) is 17.4 Å². The number of nitrogens with one attached hydrogen (secondary N) is 1. The summed E-state index contributed by atoms with van der Waals surface area (Å²) in [5.41, 5.74) is 2.93. The zero-order valence-electron chi connectivity index (χ0n) is 15.2. The smallest absolute Gasteiger partial charge is 0.258 e. The maximum Gasteiger partial charge on any atom is 0.258 e. The molecule has 0 bridgehead atoms. The molecule has 3 rings (SSSR count). The van der Waals surface area contributed by atoms with Gasteiger partial charge in [0.25, 0.3) is 5.91 Å². The number of hydrogen-bond donors (Lipinski definition) is 2. The molecule has 0 radical (unpaired) electrons. The van der Waals surface area contributed by atoms with E-state index >= 15 is 0 Å². The van der Waals surface area contributed by atoms with Crippen LogP contribution in [0.5, 0.6) is 5.75 Å². The van der Waals surface area contributed by atoms with Crippen molar-refractivity contribution in [3.8, 4) is 16.9 Å². The number of amides is 1. The first-order valence-electron chi connectivity index (χ1n) is 8.44. The highest BCUT2D eigenvalue weighted by Crippen LogP contribution is 2.30. The Bertz CT molecular complexity index is 1040. The SMILES string of the molecule is Cc1cc(-c2cccc(F)c2)cc(C(=O)Nc2c(C)ccc(O)c2C)c1F. The van der Waals surface area contributed by atoms with Crippen molar-refractivity contribution >= 4 is 11.6 Å². The van der Waals surface area contributed by atoms with Gasteiger partial charge in [-0.25, -0.2) is 8.78 Å². The largest absolute Gasteiger partial charge is 0.508 e. The lowest BCUT2D eigenvalue weighted by Gasteiger charge is -2.15. The number of anilines is 1. The summed E-state index contributed by atoms with van der Waals surface area (Å²) in [6.45, 7) is 5.01. The topological polar surface area (TPSA) is 49.3 Å². The van der Waals surface area contributed by atoms with Crippen molar-refractivity contribution in [2.45, 2.75) is 20.8 Å². The molecule has 0 heterocycles. The summed E-state index contributed by atoms with van der Waals surface area (Å²) in [7, 11) is 0. The number of aromatic hydroxyl groups is 1. The van der Waals surface area contributed by atoms with Crippen molar-refractivity contribution in [2.24, 2.45) is 0 Å². The molecule has 0 aliphatic rings. The number of carbonyl (C=O) groups is 1. The monoisotopic (exact) mass is 367 g/mol. The second-order valence-electron chi connectivity index (χ2n) is 6.52. The van der Waals surface area contributed by atoms with E-state index in [0.717, 1.165) is 5.56 Å². The Kier molecular flexibility index (Phi) is 4.95. The van der Waals surface area contributed by atoms with Gasteiger partial charge >= 0.3 is 0 Å². The van der Waals surface area contributed by atoms with E-state index in [0.29, 0.717) is 22.4 Å². The molecule has 0 spiro atoms. The van der Waals surface area contributed by atoms with E-state index in [4.69, 9.17) is 0 Å². The molecule has 0 aliphatic carbocycles. The number of halogens is 2. The fraction of sp³-hybridized carbons (Fsp3) is 0.136. The van der Waals surface area contributed by atoms with Crippen LogP contribution in [-0.2, 0) is 0 Å². The van der Waals surface area contributed by atoms with Crippen LogP contribution in [0.1, 0.15) is 27.0 Å². The Labute approximate surface area is 156 Å². The second kappa shape index (κ2) is 7.19. The van der Waals surface area contributed by atoms with Crippen LogP contribution in [0.2, 0.25) is 0 Å². The summed E-state index contributed by atoms with van der Waals surface area (Å²) < 4.78 is 28.2. The minimum Gasteiger partial charge on any atom is -0.508 e. The number of rotatable bonds is 3. The first kappa shape index (κ1) is 18.6. The van der Waals surface area contributed by atoms with Crippen LogP contribution in [-0.4, -0.2) is 11.0 Å². The molecule has 2 N–H and O–H groups in total. The summed E-state index contributed by atoms with van der Waals surface area (Å²) in [4.78, 5) is 12.7. The number of phenols is 1. The van der Waals surface area contributed by atoms with Crippen LogP contribution in [0.3, 0.4) is 0 Å². The summed E-state index contributed by atoms with van der Waals surface area (Å²) >= 11 is 0. The molecule has 0 aromatic heterocycles. The van der Waals surface area contributed by atoms with Crippen molar-refractivity contribution in [3.05, 3.63) is 82.4 Å². The number of aryl methyl sites for hydroxylation is 2. The van der Waals surface area contributed by atoms with Gasteiger partial charge in [-0.05, 0) is 73.4 Å². The molecule has 0 atom stereocenters. The molecule has 0 fully saturated rings. The minimum absolute atomic E-state index is 0.0427. The van der Waals surface area contributed by atoms with E-state index < -0.39 is 17.5 Å². The highest BCUT2D eigenvalue weighted by Gasteiger charge is 2.18. The van der Waals surface area contributed by atoms with E-state index in [2.05, 4.69) is 5.32 Å². The van der Waals surface area contributed by atoms with E-state index in [9.17, 15) is 18.7 Å². The zero-order valence-corrected chi connectivity index (χ0v) is 15.2. The quantitative estimate of drug-likeness (QED) is 0.641. The maximum atomic E-state index is 14.6. The molecule has 27 heavy (non-hydrogen) atoms. The average Bonchev–Trinajstić information content (AvgIpc) is 2.64. The number of hydrogen-bond acceptors (Lipinski definition) is 2. The molecule has 0 saturated heterocycles. The van der Waals surface area contributed by atoms with Crippen LogP contribution < -0.4 is 5.32 Å². The molecule has 3 aromatic rings. The minimum atomic E-state index is -0.636. The Morgan fingerprint density at radius 3 is 2.37 bits per heavy atom.